The average Bonchev–Trinajstić information content (AvgIpc) is 2.88. The van der Waals surface area contributed by atoms with E-state index in [-0.39, 0.29) is 22.9 Å². The molecule has 0 aromatic heterocycles. The van der Waals surface area contributed by atoms with Crippen LogP contribution in [-0.2, 0) is 16.2 Å². The Bertz CT molecular complexity index is 1410. The van der Waals surface area contributed by atoms with Crippen LogP contribution in [-0.4, -0.2) is 32.1 Å². The van der Waals surface area contributed by atoms with Crippen LogP contribution in [0.15, 0.2) is 60.2 Å². The average molecular weight is 521 g/mol. The van der Waals surface area contributed by atoms with Crippen molar-refractivity contribution in [2.24, 2.45) is 0 Å². The number of hydrogen-bond acceptors (Lipinski definition) is 6. The molecule has 4 amide bonds. The minimum Gasteiger partial charge on any atom is -0.497 e. The number of rotatable bonds is 7. The Morgan fingerprint density at radius 1 is 0.919 bits per heavy atom. The van der Waals surface area contributed by atoms with Crippen molar-refractivity contribution in [1.82, 2.24) is 5.32 Å². The number of imide groups is 2. The van der Waals surface area contributed by atoms with E-state index in [0.717, 1.165) is 16.0 Å². The number of aryl methyl sites for hydroxylation is 2. The van der Waals surface area contributed by atoms with Crippen molar-refractivity contribution in [3.8, 4) is 17.2 Å². The molecular formula is C28H25ClN2O6. The van der Waals surface area contributed by atoms with E-state index in [1.54, 1.807) is 36.4 Å². The van der Waals surface area contributed by atoms with Gasteiger partial charge in [-0.2, -0.15) is 0 Å². The van der Waals surface area contributed by atoms with E-state index in [1.807, 2.05) is 32.0 Å². The molecule has 37 heavy (non-hydrogen) atoms. The fourth-order valence-corrected chi connectivity index (χ4v) is 4.08. The predicted molar refractivity (Wildman–Crippen MR) is 140 cm³/mol. The van der Waals surface area contributed by atoms with Crippen LogP contribution in [0, 0.1) is 13.8 Å². The van der Waals surface area contributed by atoms with Gasteiger partial charge in [-0.15, -0.1) is 0 Å². The van der Waals surface area contributed by atoms with Crippen molar-refractivity contribution in [2.75, 3.05) is 19.1 Å². The number of carbonyl (C=O) groups excluding carboxylic acids is 3. The minimum absolute atomic E-state index is 0.238. The number of amides is 4. The van der Waals surface area contributed by atoms with E-state index in [1.165, 1.54) is 25.9 Å². The zero-order valence-corrected chi connectivity index (χ0v) is 21.5. The van der Waals surface area contributed by atoms with Gasteiger partial charge in [0.15, 0.2) is 11.5 Å². The third kappa shape index (κ3) is 5.44. The monoisotopic (exact) mass is 520 g/mol. The first-order chi connectivity index (χ1) is 17.7. The van der Waals surface area contributed by atoms with Gasteiger partial charge in [-0.1, -0.05) is 29.8 Å². The zero-order valence-electron chi connectivity index (χ0n) is 20.8. The van der Waals surface area contributed by atoms with Gasteiger partial charge in [-0.25, -0.2) is 9.69 Å². The van der Waals surface area contributed by atoms with Crippen molar-refractivity contribution in [3.05, 3.63) is 87.4 Å². The number of carbonyl (C=O) groups is 3. The van der Waals surface area contributed by atoms with Gasteiger partial charge in [0.2, 0.25) is 0 Å². The summed E-state index contributed by atoms with van der Waals surface area (Å²) in [6.07, 6.45) is 1.35. The molecule has 0 bridgehead atoms. The Hall–Kier alpha value is -4.30. The molecule has 9 heteroatoms. The van der Waals surface area contributed by atoms with Crippen LogP contribution in [0.2, 0.25) is 5.02 Å². The molecule has 1 fully saturated rings. The topological polar surface area (TPSA) is 94.2 Å². The number of halogens is 1. The third-order valence-corrected chi connectivity index (χ3v) is 6.23. The summed E-state index contributed by atoms with van der Waals surface area (Å²) >= 11 is 6.51. The molecule has 0 spiro atoms. The highest BCUT2D eigenvalue weighted by molar-refractivity contribution is 6.39. The number of anilines is 1. The maximum Gasteiger partial charge on any atom is 0.335 e. The van der Waals surface area contributed by atoms with Crippen LogP contribution in [0.4, 0.5) is 10.5 Å². The van der Waals surface area contributed by atoms with Crippen molar-refractivity contribution >= 4 is 41.2 Å². The molecule has 1 saturated heterocycles. The SMILES string of the molecule is COc1ccc(N2C(=O)NC(=O)/C(=C\c3cc(Cl)c(OCc4ccc(C)c(C)c4)c(OC)c3)C2=O)cc1. The molecule has 1 aliphatic rings. The number of nitrogens with one attached hydrogen (secondary N) is 1. The van der Waals surface area contributed by atoms with Crippen LogP contribution < -0.4 is 24.4 Å². The third-order valence-electron chi connectivity index (χ3n) is 5.95. The number of barbiturate groups is 1. The molecule has 1 aliphatic heterocycles. The van der Waals surface area contributed by atoms with E-state index >= 15 is 0 Å². The molecule has 0 unspecified atom stereocenters. The molecule has 8 nitrogen and oxygen atoms in total. The summed E-state index contributed by atoms with van der Waals surface area (Å²) in [4.78, 5) is 39.1. The van der Waals surface area contributed by atoms with Gasteiger partial charge in [0.05, 0.1) is 24.9 Å². The second-order valence-corrected chi connectivity index (χ2v) is 8.80. The number of methoxy groups -OCH3 is 2. The van der Waals surface area contributed by atoms with Gasteiger partial charge >= 0.3 is 6.03 Å². The Balaban J connectivity index is 1.62. The Labute approximate surface area is 219 Å². The van der Waals surface area contributed by atoms with E-state index in [9.17, 15) is 14.4 Å². The normalized spacial score (nSPS) is 14.6. The van der Waals surface area contributed by atoms with Crippen molar-refractivity contribution in [2.45, 2.75) is 20.5 Å². The molecule has 0 saturated carbocycles. The van der Waals surface area contributed by atoms with Crippen molar-refractivity contribution in [1.29, 1.82) is 0 Å². The molecule has 0 aliphatic carbocycles. The number of urea groups is 1. The van der Waals surface area contributed by atoms with Crippen LogP contribution in [0.25, 0.3) is 6.08 Å². The Morgan fingerprint density at radius 2 is 1.65 bits per heavy atom. The van der Waals surface area contributed by atoms with Gasteiger partial charge in [-0.05, 0) is 78.6 Å². The summed E-state index contributed by atoms with van der Waals surface area (Å²) in [5.74, 6) is -0.370. The van der Waals surface area contributed by atoms with E-state index in [2.05, 4.69) is 5.32 Å². The molecule has 4 rings (SSSR count). The Kier molecular flexibility index (Phi) is 7.50. The first kappa shape index (κ1) is 25.8. The van der Waals surface area contributed by atoms with Gasteiger partial charge in [0, 0.05) is 0 Å². The first-order valence-electron chi connectivity index (χ1n) is 11.3. The highest BCUT2D eigenvalue weighted by atomic mass is 35.5. The summed E-state index contributed by atoms with van der Waals surface area (Å²) in [7, 11) is 2.97. The molecule has 0 radical (unpaired) electrons. The molecule has 190 valence electrons. The molecule has 1 heterocycles. The molecule has 3 aromatic rings. The summed E-state index contributed by atoms with van der Waals surface area (Å²) in [6.45, 7) is 4.34. The van der Waals surface area contributed by atoms with Crippen molar-refractivity contribution in [3.63, 3.8) is 0 Å². The lowest BCUT2D eigenvalue weighted by Crippen LogP contribution is -2.54. The standard InChI is InChI=1S/C28H25ClN2O6/c1-16-5-6-18(11-17(16)2)15-37-25-23(29)13-19(14-24(25)36-4)12-22-26(32)30-28(34)31(27(22)33)20-7-9-21(35-3)10-8-20/h5-14H,15H2,1-4H3,(H,30,32,34)/b22-12+. The maximum absolute atomic E-state index is 13.2. The zero-order chi connectivity index (χ0) is 26.7. The second kappa shape index (κ2) is 10.8. The number of benzene rings is 3. The highest BCUT2D eigenvalue weighted by Crippen LogP contribution is 2.38. The second-order valence-electron chi connectivity index (χ2n) is 8.40. The number of ether oxygens (including phenoxy) is 3. The number of nitrogens with zero attached hydrogens (tertiary/aromatic N) is 1. The lowest BCUT2D eigenvalue weighted by Gasteiger charge is -2.26. The summed E-state index contributed by atoms with van der Waals surface area (Å²) in [5.41, 5.74) is 3.77. The smallest absolute Gasteiger partial charge is 0.335 e. The minimum atomic E-state index is -0.844. The van der Waals surface area contributed by atoms with Gasteiger partial charge in [0.25, 0.3) is 11.8 Å². The summed E-state index contributed by atoms with van der Waals surface area (Å²) in [5, 5.41) is 2.44. The molecule has 3 aromatic carbocycles. The van der Waals surface area contributed by atoms with Crippen molar-refractivity contribution < 1.29 is 28.6 Å². The van der Waals surface area contributed by atoms with Gasteiger partial charge < -0.3 is 14.2 Å². The first-order valence-corrected chi connectivity index (χ1v) is 11.7. The summed E-state index contributed by atoms with van der Waals surface area (Å²) in [6, 6.07) is 14.7. The van der Waals surface area contributed by atoms with Crippen LogP contribution in [0.1, 0.15) is 22.3 Å². The molecule has 0 atom stereocenters. The van der Waals surface area contributed by atoms with Gasteiger partial charge in [0.1, 0.15) is 17.9 Å². The van der Waals surface area contributed by atoms with E-state index < -0.39 is 17.8 Å². The van der Waals surface area contributed by atoms with E-state index in [0.29, 0.717) is 22.8 Å². The Morgan fingerprint density at radius 3 is 2.30 bits per heavy atom. The number of hydrogen-bond donors (Lipinski definition) is 1. The van der Waals surface area contributed by atoms with Crippen LogP contribution in [0.3, 0.4) is 0 Å². The lowest BCUT2D eigenvalue weighted by atomic mass is 10.1. The summed E-state index contributed by atoms with van der Waals surface area (Å²) < 4.78 is 16.5. The van der Waals surface area contributed by atoms with Crippen LogP contribution >= 0.6 is 11.6 Å². The van der Waals surface area contributed by atoms with E-state index in [4.69, 9.17) is 25.8 Å². The molecule has 1 N–H and O–H groups in total. The predicted octanol–water partition coefficient (Wildman–Crippen LogP) is 5.22. The maximum atomic E-state index is 13.2. The fourth-order valence-electron chi connectivity index (χ4n) is 3.80. The highest BCUT2D eigenvalue weighted by Gasteiger charge is 2.37. The van der Waals surface area contributed by atoms with Gasteiger partial charge in [-0.3, -0.25) is 14.9 Å². The largest absolute Gasteiger partial charge is 0.497 e. The fraction of sp³-hybridized carbons (Fsp3) is 0.179. The quantitative estimate of drug-likeness (QED) is 0.339. The lowest BCUT2D eigenvalue weighted by molar-refractivity contribution is -0.122. The van der Waals surface area contributed by atoms with Crippen LogP contribution in [0.5, 0.6) is 17.2 Å². The molecular weight excluding hydrogens is 496 g/mol.